The molecule has 12 heteroatoms. The van der Waals surface area contributed by atoms with Crippen molar-refractivity contribution in [2.75, 3.05) is 19.6 Å². The van der Waals surface area contributed by atoms with Crippen molar-refractivity contribution in [2.24, 2.45) is 11.5 Å². The van der Waals surface area contributed by atoms with Crippen LogP contribution in [0.1, 0.15) is 18.9 Å². The van der Waals surface area contributed by atoms with E-state index >= 15 is 0 Å². The quantitative estimate of drug-likeness (QED) is 0.494. The van der Waals surface area contributed by atoms with Crippen LogP contribution in [-0.4, -0.2) is 59.1 Å². The summed E-state index contributed by atoms with van der Waals surface area (Å²) in [6.07, 6.45) is -5.34. The minimum Gasteiger partial charge on any atom is -0.333 e. The van der Waals surface area contributed by atoms with Gasteiger partial charge in [0.25, 0.3) is 0 Å². The first kappa shape index (κ1) is 22.9. The van der Waals surface area contributed by atoms with Crippen molar-refractivity contribution < 1.29 is 31.1 Å². The van der Waals surface area contributed by atoms with Gasteiger partial charge in [-0.05, 0) is 25.0 Å². The maximum atomic E-state index is 13.7. The average molecular weight is 425 g/mol. The molecule has 1 unspecified atom stereocenters. The minimum absolute atomic E-state index is 0.115. The van der Waals surface area contributed by atoms with Crippen molar-refractivity contribution >= 4 is 11.7 Å². The maximum absolute atomic E-state index is 13.7. The van der Waals surface area contributed by atoms with Crippen LogP contribution in [0.15, 0.2) is 12.1 Å². The molecule has 0 aliphatic carbocycles. The Hall–Kier alpha value is -2.34. The smallest absolute Gasteiger partial charge is 0.333 e. The maximum Gasteiger partial charge on any atom is 0.424 e. The molecule has 0 saturated carbocycles. The molecule has 0 bridgehead atoms. The van der Waals surface area contributed by atoms with Gasteiger partial charge in [-0.15, -0.1) is 0 Å². The van der Waals surface area contributed by atoms with E-state index in [2.05, 4.69) is 0 Å². The molecular weight excluding hydrogens is 404 g/mol. The van der Waals surface area contributed by atoms with Gasteiger partial charge < -0.3 is 21.3 Å². The van der Waals surface area contributed by atoms with Crippen LogP contribution in [0.25, 0.3) is 0 Å². The summed E-state index contributed by atoms with van der Waals surface area (Å²) < 4.78 is 79.1. The molecule has 0 radical (unpaired) electrons. The van der Waals surface area contributed by atoms with E-state index in [-0.39, 0.29) is 31.5 Å². The largest absolute Gasteiger partial charge is 0.424 e. The molecule has 0 aromatic heterocycles. The molecule has 29 heavy (non-hydrogen) atoms. The topological polar surface area (TPSA) is 99.4 Å². The number of nitrogens with one attached hydrogen (secondary N) is 1. The Morgan fingerprint density at radius 1 is 1.17 bits per heavy atom. The second kappa shape index (κ2) is 8.19. The first-order chi connectivity index (χ1) is 13.2. The zero-order valence-electron chi connectivity index (χ0n) is 15.5. The van der Waals surface area contributed by atoms with E-state index in [1.54, 1.807) is 0 Å². The van der Waals surface area contributed by atoms with Gasteiger partial charge in [-0.3, -0.25) is 10.2 Å². The van der Waals surface area contributed by atoms with Crippen LogP contribution in [-0.2, 0) is 11.2 Å². The van der Waals surface area contributed by atoms with Gasteiger partial charge in [0.15, 0.2) is 17.3 Å². The number of hydrogen-bond acceptors (Lipinski definition) is 4. The Kier molecular flexibility index (Phi) is 6.48. The fourth-order valence-corrected chi connectivity index (χ4v) is 3.01. The lowest BCUT2D eigenvalue weighted by molar-refractivity contribution is -0.214. The number of rotatable bonds is 5. The number of hydrogen-bond donors (Lipinski definition) is 3. The Morgan fingerprint density at radius 2 is 1.76 bits per heavy atom. The fraction of sp³-hybridized carbons (Fsp3) is 0.529. The van der Waals surface area contributed by atoms with Gasteiger partial charge in [0.05, 0.1) is 6.54 Å². The second-order valence-corrected chi connectivity index (χ2v) is 7.08. The molecule has 1 aliphatic rings. The molecule has 0 spiro atoms. The SMILES string of the molecule is CC(N)(N1CCN(C(=O)C[C@H](N)Cc2cc(F)c(F)cc2F)CC1=N)C(F)(F)F. The summed E-state index contributed by atoms with van der Waals surface area (Å²) in [6.45, 7) is -0.0697. The summed E-state index contributed by atoms with van der Waals surface area (Å²) in [6, 6.07) is 0.0939. The molecule has 1 aromatic carbocycles. The number of carbonyl (C=O) groups excluding carboxylic acids is 1. The van der Waals surface area contributed by atoms with Crippen LogP contribution in [0.4, 0.5) is 26.3 Å². The zero-order chi connectivity index (χ0) is 22.1. The molecule has 1 aliphatic heterocycles. The lowest BCUT2D eigenvalue weighted by Gasteiger charge is -2.45. The van der Waals surface area contributed by atoms with E-state index in [4.69, 9.17) is 16.9 Å². The first-order valence-electron chi connectivity index (χ1n) is 8.61. The van der Waals surface area contributed by atoms with Crippen molar-refractivity contribution in [1.29, 1.82) is 5.41 Å². The molecule has 1 fully saturated rings. The van der Waals surface area contributed by atoms with Crippen molar-refractivity contribution in [2.45, 2.75) is 37.6 Å². The predicted molar refractivity (Wildman–Crippen MR) is 92.3 cm³/mol. The summed E-state index contributed by atoms with van der Waals surface area (Å²) in [4.78, 5) is 14.2. The highest BCUT2D eigenvalue weighted by Crippen LogP contribution is 2.32. The minimum atomic E-state index is -4.78. The average Bonchev–Trinajstić information content (AvgIpc) is 2.58. The first-order valence-corrected chi connectivity index (χ1v) is 8.61. The van der Waals surface area contributed by atoms with Gasteiger partial charge in [0.1, 0.15) is 11.7 Å². The molecule has 2 atom stereocenters. The van der Waals surface area contributed by atoms with Gasteiger partial charge in [-0.25, -0.2) is 13.2 Å². The number of alkyl halides is 3. The lowest BCUT2D eigenvalue weighted by atomic mass is 10.0. The highest BCUT2D eigenvalue weighted by Gasteiger charge is 2.54. The molecule has 5 N–H and O–H groups in total. The van der Waals surface area contributed by atoms with Crippen LogP contribution in [0.2, 0.25) is 0 Å². The van der Waals surface area contributed by atoms with E-state index in [0.29, 0.717) is 17.0 Å². The number of nitrogens with two attached hydrogens (primary N) is 2. The third-order valence-corrected chi connectivity index (χ3v) is 4.76. The standard InChI is InChI=1S/C17H21F6N5O/c1-16(26,17(21,22)23)28-3-2-27(8-14(28)25)15(29)6-10(24)4-9-5-12(19)13(20)7-11(9)18/h5,7,10,25H,2-4,6,8,24,26H2,1H3/t10-,16?/m1/s1. The number of nitrogens with zero attached hydrogens (tertiary/aromatic N) is 2. The van der Waals surface area contributed by atoms with Crippen molar-refractivity contribution in [3.05, 3.63) is 35.1 Å². The van der Waals surface area contributed by atoms with Crippen LogP contribution in [0.3, 0.4) is 0 Å². The summed E-state index contributed by atoms with van der Waals surface area (Å²) in [5, 5.41) is 7.83. The molecule has 1 saturated heterocycles. The highest BCUT2D eigenvalue weighted by atomic mass is 19.4. The number of amides is 1. The van der Waals surface area contributed by atoms with E-state index in [0.717, 1.165) is 11.8 Å². The molecule has 162 valence electrons. The number of halogens is 6. The molecule has 1 heterocycles. The monoisotopic (exact) mass is 425 g/mol. The molecule has 2 rings (SSSR count). The normalized spacial score (nSPS) is 18.6. The van der Waals surface area contributed by atoms with E-state index in [9.17, 15) is 31.1 Å². The van der Waals surface area contributed by atoms with Crippen molar-refractivity contribution in [3.8, 4) is 0 Å². The third-order valence-electron chi connectivity index (χ3n) is 4.76. The zero-order valence-corrected chi connectivity index (χ0v) is 15.5. The Balaban J connectivity index is 1.97. The lowest BCUT2D eigenvalue weighted by Crippen LogP contribution is -2.69. The molecule has 1 aromatic rings. The summed E-state index contributed by atoms with van der Waals surface area (Å²) in [7, 11) is 0. The Bertz CT molecular complexity index is 797. The fourth-order valence-electron chi connectivity index (χ4n) is 3.01. The van der Waals surface area contributed by atoms with E-state index < -0.39 is 53.6 Å². The van der Waals surface area contributed by atoms with Crippen molar-refractivity contribution in [3.63, 3.8) is 0 Å². The van der Waals surface area contributed by atoms with Crippen LogP contribution < -0.4 is 11.5 Å². The van der Waals surface area contributed by atoms with Gasteiger partial charge in [-0.1, -0.05) is 0 Å². The van der Waals surface area contributed by atoms with Gasteiger partial charge in [0, 0.05) is 31.6 Å². The summed E-state index contributed by atoms with van der Waals surface area (Å²) in [5.41, 5.74) is 8.17. The molecule has 6 nitrogen and oxygen atoms in total. The van der Waals surface area contributed by atoms with E-state index in [1.165, 1.54) is 0 Å². The second-order valence-electron chi connectivity index (χ2n) is 7.08. The summed E-state index contributed by atoms with van der Waals surface area (Å²) in [5.74, 6) is -4.64. The number of carbonyl (C=O) groups is 1. The number of amidine groups is 1. The van der Waals surface area contributed by atoms with Crippen LogP contribution in [0, 0.1) is 22.9 Å². The van der Waals surface area contributed by atoms with E-state index in [1.807, 2.05) is 0 Å². The predicted octanol–water partition coefficient (Wildman–Crippen LogP) is 1.72. The van der Waals surface area contributed by atoms with Gasteiger partial charge >= 0.3 is 6.18 Å². The summed E-state index contributed by atoms with van der Waals surface area (Å²) >= 11 is 0. The number of piperazine rings is 1. The molecule has 1 amide bonds. The van der Waals surface area contributed by atoms with Gasteiger partial charge in [-0.2, -0.15) is 13.2 Å². The Morgan fingerprint density at radius 3 is 2.31 bits per heavy atom. The van der Waals surface area contributed by atoms with Crippen LogP contribution >= 0.6 is 0 Å². The van der Waals surface area contributed by atoms with Crippen molar-refractivity contribution in [1.82, 2.24) is 9.80 Å². The van der Waals surface area contributed by atoms with Crippen LogP contribution in [0.5, 0.6) is 0 Å². The molecular formula is C17H21F6N5O. The highest BCUT2D eigenvalue weighted by molar-refractivity contribution is 5.88. The Labute approximate surface area is 162 Å². The third kappa shape index (κ3) is 4.99. The van der Waals surface area contributed by atoms with Gasteiger partial charge in [0.2, 0.25) is 5.91 Å². The number of benzene rings is 1.